The van der Waals surface area contributed by atoms with E-state index in [0.29, 0.717) is 0 Å². The number of pyridine rings is 1. The van der Waals surface area contributed by atoms with Gasteiger partial charge in [0.15, 0.2) is 5.11 Å². The number of aromatic nitrogens is 2. The van der Waals surface area contributed by atoms with Gasteiger partial charge in [0.1, 0.15) is 0 Å². The number of thiocarbonyl (C=S) groups is 1. The van der Waals surface area contributed by atoms with Crippen molar-refractivity contribution in [2.24, 2.45) is 0 Å². The lowest BCUT2D eigenvalue weighted by Gasteiger charge is -2.28. The Kier molecular flexibility index (Phi) is 6.15. The molecule has 1 aliphatic rings. The summed E-state index contributed by atoms with van der Waals surface area (Å²) in [5, 5.41) is 4.40. The van der Waals surface area contributed by atoms with Gasteiger partial charge in [-0.2, -0.15) is 0 Å². The molecule has 2 unspecified atom stereocenters. The molecule has 1 saturated heterocycles. The standard InChI is InChI=1S/C26H32N4S/c1-6-7-12-29-25(24(28-26(29)31)23-10-8-9-11-27-23)22-16-19(4)30(20(22)5)21-14-17(2)13-18(3)15-21/h8-11,13-16,24-25H,6-7,12H2,1-5H3,(H,28,31). The van der Waals surface area contributed by atoms with Gasteiger partial charge in [0.25, 0.3) is 0 Å². The van der Waals surface area contributed by atoms with Crippen LogP contribution in [0.15, 0.2) is 48.7 Å². The van der Waals surface area contributed by atoms with Gasteiger partial charge >= 0.3 is 0 Å². The van der Waals surface area contributed by atoms with Crippen LogP contribution < -0.4 is 5.32 Å². The van der Waals surface area contributed by atoms with Crippen LogP contribution in [0.25, 0.3) is 5.69 Å². The van der Waals surface area contributed by atoms with Gasteiger partial charge in [-0.3, -0.25) is 4.98 Å². The molecule has 0 saturated carbocycles. The van der Waals surface area contributed by atoms with Crippen molar-refractivity contribution in [2.45, 2.75) is 59.5 Å². The van der Waals surface area contributed by atoms with Crippen LogP contribution in [0.4, 0.5) is 0 Å². The van der Waals surface area contributed by atoms with Gasteiger partial charge in [0.05, 0.1) is 17.8 Å². The zero-order valence-electron chi connectivity index (χ0n) is 19.1. The highest BCUT2D eigenvalue weighted by atomic mass is 32.1. The number of hydrogen-bond acceptors (Lipinski definition) is 2. The predicted octanol–water partition coefficient (Wildman–Crippen LogP) is 5.88. The SMILES string of the molecule is CCCCN1C(=S)NC(c2ccccn2)C1c1cc(C)n(-c2cc(C)cc(C)c2)c1C. The molecule has 3 aromatic rings. The lowest BCUT2D eigenvalue weighted by Crippen LogP contribution is -2.30. The first kappa shape index (κ1) is 21.6. The van der Waals surface area contributed by atoms with Crippen LogP contribution in [0.2, 0.25) is 0 Å². The first-order valence-corrected chi connectivity index (χ1v) is 11.6. The second-order valence-electron chi connectivity index (χ2n) is 8.68. The Morgan fingerprint density at radius 2 is 1.77 bits per heavy atom. The molecule has 1 N–H and O–H groups in total. The van der Waals surface area contributed by atoms with Crippen LogP contribution in [0.1, 0.15) is 65.6 Å². The van der Waals surface area contributed by atoms with Crippen LogP contribution in [0, 0.1) is 27.7 Å². The van der Waals surface area contributed by atoms with E-state index in [4.69, 9.17) is 12.2 Å². The molecule has 0 bridgehead atoms. The second kappa shape index (κ2) is 8.83. The molecule has 2 aromatic heterocycles. The fraction of sp³-hybridized carbons (Fsp3) is 0.385. The molecule has 0 spiro atoms. The van der Waals surface area contributed by atoms with Gasteiger partial charge in [0.2, 0.25) is 0 Å². The number of unbranched alkanes of at least 4 members (excludes halogenated alkanes) is 1. The zero-order valence-corrected chi connectivity index (χ0v) is 20.0. The summed E-state index contributed by atoms with van der Waals surface area (Å²) in [6, 6.07) is 15.4. The van der Waals surface area contributed by atoms with Gasteiger partial charge in [-0.15, -0.1) is 0 Å². The summed E-state index contributed by atoms with van der Waals surface area (Å²) in [4.78, 5) is 7.04. The summed E-state index contributed by atoms with van der Waals surface area (Å²) in [5.74, 6) is 0. The van der Waals surface area contributed by atoms with Crippen LogP contribution in [-0.4, -0.2) is 26.1 Å². The summed E-state index contributed by atoms with van der Waals surface area (Å²) in [7, 11) is 0. The Balaban J connectivity index is 1.83. The average molecular weight is 433 g/mol. The minimum absolute atomic E-state index is 0.0405. The number of rotatable bonds is 6. The molecule has 0 aliphatic carbocycles. The molecule has 1 aliphatic heterocycles. The lowest BCUT2D eigenvalue weighted by molar-refractivity contribution is 0.312. The number of hydrogen-bond donors (Lipinski definition) is 1. The highest BCUT2D eigenvalue weighted by Gasteiger charge is 2.41. The minimum Gasteiger partial charge on any atom is -0.352 e. The van der Waals surface area contributed by atoms with Crippen LogP contribution in [-0.2, 0) is 0 Å². The first-order valence-electron chi connectivity index (χ1n) is 11.2. The van der Waals surface area contributed by atoms with E-state index in [1.807, 2.05) is 12.3 Å². The Morgan fingerprint density at radius 3 is 2.42 bits per heavy atom. The molecule has 3 heterocycles. The summed E-state index contributed by atoms with van der Waals surface area (Å²) in [6.45, 7) is 11.9. The smallest absolute Gasteiger partial charge is 0.170 e. The van der Waals surface area contributed by atoms with Gasteiger partial charge in [-0.25, -0.2) is 0 Å². The molecule has 4 nitrogen and oxygen atoms in total. The average Bonchev–Trinajstić information content (AvgIpc) is 3.21. The van der Waals surface area contributed by atoms with Crippen LogP contribution in [0.5, 0.6) is 0 Å². The van der Waals surface area contributed by atoms with Gasteiger partial charge in [-0.1, -0.05) is 25.5 Å². The van der Waals surface area contributed by atoms with E-state index in [-0.39, 0.29) is 12.1 Å². The monoisotopic (exact) mass is 432 g/mol. The summed E-state index contributed by atoms with van der Waals surface area (Å²) >= 11 is 5.80. The largest absolute Gasteiger partial charge is 0.352 e. The molecule has 4 rings (SSSR count). The Morgan fingerprint density at radius 1 is 1.03 bits per heavy atom. The number of nitrogens with zero attached hydrogens (tertiary/aromatic N) is 3. The van der Waals surface area contributed by atoms with Crippen molar-refractivity contribution in [3.05, 3.63) is 82.4 Å². The molecule has 0 amide bonds. The minimum atomic E-state index is 0.0405. The van der Waals surface area contributed by atoms with Crippen molar-refractivity contribution in [1.82, 2.24) is 19.8 Å². The molecule has 1 fully saturated rings. The Bertz CT molecular complexity index is 1070. The third-order valence-corrected chi connectivity index (χ3v) is 6.56. The fourth-order valence-electron chi connectivity index (χ4n) is 4.88. The third kappa shape index (κ3) is 4.11. The molecule has 0 radical (unpaired) electrons. The van der Waals surface area contributed by atoms with Crippen molar-refractivity contribution in [3.8, 4) is 5.69 Å². The lowest BCUT2D eigenvalue weighted by atomic mass is 9.96. The maximum Gasteiger partial charge on any atom is 0.170 e. The van der Waals surface area contributed by atoms with E-state index in [0.717, 1.165) is 30.2 Å². The van der Waals surface area contributed by atoms with E-state index in [1.54, 1.807) is 0 Å². The Labute approximate surface area is 191 Å². The van der Waals surface area contributed by atoms with Crippen LogP contribution >= 0.6 is 12.2 Å². The number of benzene rings is 1. The number of nitrogens with one attached hydrogen (secondary N) is 1. The predicted molar refractivity (Wildman–Crippen MR) is 132 cm³/mol. The van der Waals surface area contributed by atoms with E-state index >= 15 is 0 Å². The van der Waals surface area contributed by atoms with E-state index in [1.165, 1.54) is 33.8 Å². The third-order valence-electron chi connectivity index (χ3n) is 6.20. The topological polar surface area (TPSA) is 33.1 Å². The maximum atomic E-state index is 5.80. The molecule has 1 aromatic carbocycles. The zero-order chi connectivity index (χ0) is 22.1. The molecular formula is C26H32N4S. The van der Waals surface area contributed by atoms with Crippen molar-refractivity contribution < 1.29 is 0 Å². The van der Waals surface area contributed by atoms with Gasteiger partial charge < -0.3 is 14.8 Å². The second-order valence-corrected chi connectivity index (χ2v) is 9.07. The quantitative estimate of drug-likeness (QED) is 0.493. The Hall–Kier alpha value is -2.66. The molecule has 31 heavy (non-hydrogen) atoms. The summed E-state index contributed by atoms with van der Waals surface area (Å²) < 4.78 is 2.38. The molecule has 2 atom stereocenters. The normalized spacial score (nSPS) is 18.5. The highest BCUT2D eigenvalue weighted by Crippen LogP contribution is 2.41. The summed E-state index contributed by atoms with van der Waals surface area (Å²) in [5.41, 5.74) is 8.64. The van der Waals surface area contributed by atoms with E-state index in [2.05, 4.69) is 90.8 Å². The maximum absolute atomic E-state index is 5.80. The first-order chi connectivity index (χ1) is 14.9. The summed E-state index contributed by atoms with van der Waals surface area (Å²) in [6.07, 6.45) is 4.12. The van der Waals surface area contributed by atoms with Crippen molar-refractivity contribution in [3.63, 3.8) is 0 Å². The van der Waals surface area contributed by atoms with Crippen molar-refractivity contribution >= 4 is 17.3 Å². The van der Waals surface area contributed by atoms with Gasteiger partial charge in [0, 0.05) is 29.8 Å². The van der Waals surface area contributed by atoms with Crippen molar-refractivity contribution in [1.29, 1.82) is 0 Å². The fourth-order valence-corrected chi connectivity index (χ4v) is 5.21. The van der Waals surface area contributed by atoms with Crippen LogP contribution in [0.3, 0.4) is 0 Å². The van der Waals surface area contributed by atoms with Crippen molar-refractivity contribution in [2.75, 3.05) is 6.54 Å². The van der Waals surface area contributed by atoms with E-state index < -0.39 is 0 Å². The van der Waals surface area contributed by atoms with Gasteiger partial charge in [-0.05, 0) is 93.4 Å². The molecule has 162 valence electrons. The molecule has 5 heteroatoms. The highest BCUT2D eigenvalue weighted by molar-refractivity contribution is 7.80. The number of aryl methyl sites for hydroxylation is 3. The van der Waals surface area contributed by atoms with E-state index in [9.17, 15) is 0 Å². The molecular weight excluding hydrogens is 400 g/mol.